The summed E-state index contributed by atoms with van der Waals surface area (Å²) in [4.78, 5) is 10.8. The van der Waals surface area contributed by atoms with Gasteiger partial charge in [0.05, 0.1) is 18.8 Å². The van der Waals surface area contributed by atoms with Gasteiger partial charge in [0, 0.05) is 6.08 Å². The van der Waals surface area contributed by atoms with Crippen molar-refractivity contribution >= 4 is 5.97 Å². The minimum Gasteiger partial charge on any atom is -0.463 e. The van der Waals surface area contributed by atoms with Gasteiger partial charge in [-0.05, 0) is 38.0 Å². The van der Waals surface area contributed by atoms with E-state index in [0.29, 0.717) is 18.8 Å². The molecule has 3 heteroatoms. The van der Waals surface area contributed by atoms with E-state index in [9.17, 15) is 4.79 Å². The molecule has 0 aromatic rings. The van der Waals surface area contributed by atoms with E-state index in [1.807, 2.05) is 0 Å². The first-order valence-corrected chi connectivity index (χ1v) is 5.74. The number of fused-ring (bicyclic) bond motifs is 1. The van der Waals surface area contributed by atoms with Crippen LogP contribution in [0.15, 0.2) is 12.7 Å². The molecule has 84 valence electrons. The van der Waals surface area contributed by atoms with Crippen molar-refractivity contribution in [1.29, 1.82) is 0 Å². The van der Waals surface area contributed by atoms with Crippen LogP contribution in [0.2, 0.25) is 0 Å². The summed E-state index contributed by atoms with van der Waals surface area (Å²) in [6, 6.07) is 0. The lowest BCUT2D eigenvalue weighted by atomic mass is 9.86. The average Bonchev–Trinajstić information content (AvgIpc) is 3.02. The Morgan fingerprint density at radius 3 is 3.07 bits per heavy atom. The molecule has 1 aliphatic carbocycles. The molecule has 0 radical (unpaired) electrons. The van der Waals surface area contributed by atoms with E-state index in [0.717, 1.165) is 18.8 Å². The van der Waals surface area contributed by atoms with Crippen molar-refractivity contribution < 1.29 is 14.3 Å². The zero-order valence-corrected chi connectivity index (χ0v) is 8.98. The van der Waals surface area contributed by atoms with Crippen molar-refractivity contribution in [3.05, 3.63) is 12.7 Å². The number of carbonyl (C=O) groups is 1. The molecule has 1 heterocycles. The Morgan fingerprint density at radius 2 is 2.33 bits per heavy atom. The van der Waals surface area contributed by atoms with Crippen molar-refractivity contribution in [2.45, 2.75) is 44.3 Å². The minimum atomic E-state index is -0.316. The highest BCUT2D eigenvalue weighted by Gasteiger charge is 2.43. The fourth-order valence-electron chi connectivity index (χ4n) is 2.35. The molecule has 0 aromatic heterocycles. The van der Waals surface area contributed by atoms with Crippen LogP contribution in [-0.4, -0.2) is 24.8 Å². The van der Waals surface area contributed by atoms with Gasteiger partial charge in [0.25, 0.3) is 0 Å². The molecule has 1 saturated carbocycles. The van der Waals surface area contributed by atoms with Crippen LogP contribution in [0.5, 0.6) is 0 Å². The third-order valence-electron chi connectivity index (χ3n) is 3.28. The van der Waals surface area contributed by atoms with E-state index >= 15 is 0 Å². The number of ether oxygens (including phenoxy) is 2. The van der Waals surface area contributed by atoms with Gasteiger partial charge in [0.15, 0.2) is 0 Å². The molecule has 3 unspecified atom stereocenters. The van der Waals surface area contributed by atoms with E-state index in [4.69, 9.17) is 9.47 Å². The molecule has 15 heavy (non-hydrogen) atoms. The zero-order valence-electron chi connectivity index (χ0n) is 8.98. The summed E-state index contributed by atoms with van der Waals surface area (Å²) in [5.74, 6) is 0.459. The third-order valence-corrected chi connectivity index (χ3v) is 3.28. The third kappa shape index (κ3) is 3.06. The molecule has 2 aliphatic rings. The van der Waals surface area contributed by atoms with Crippen LogP contribution in [0.25, 0.3) is 0 Å². The molecule has 0 amide bonds. The summed E-state index contributed by atoms with van der Waals surface area (Å²) in [5.41, 5.74) is 0. The van der Waals surface area contributed by atoms with Crippen molar-refractivity contribution in [3.8, 4) is 0 Å². The maximum Gasteiger partial charge on any atom is 0.330 e. The molecule has 0 aromatic carbocycles. The molecule has 2 rings (SSSR count). The first-order valence-electron chi connectivity index (χ1n) is 5.74. The Balaban J connectivity index is 1.53. The van der Waals surface area contributed by atoms with Gasteiger partial charge in [-0.25, -0.2) is 4.79 Å². The van der Waals surface area contributed by atoms with Crippen molar-refractivity contribution in [3.63, 3.8) is 0 Å². The van der Waals surface area contributed by atoms with E-state index in [-0.39, 0.29) is 5.97 Å². The number of hydrogen-bond donors (Lipinski definition) is 0. The predicted molar refractivity (Wildman–Crippen MR) is 56.4 cm³/mol. The Bertz CT molecular complexity index is 249. The lowest BCUT2D eigenvalue weighted by molar-refractivity contribution is -0.137. The lowest BCUT2D eigenvalue weighted by Gasteiger charge is -2.18. The zero-order chi connectivity index (χ0) is 10.7. The van der Waals surface area contributed by atoms with Crippen LogP contribution in [0.4, 0.5) is 0 Å². The fourth-order valence-corrected chi connectivity index (χ4v) is 2.35. The van der Waals surface area contributed by atoms with Crippen LogP contribution in [0, 0.1) is 5.92 Å². The normalized spacial score (nSPS) is 32.9. The summed E-state index contributed by atoms with van der Waals surface area (Å²) >= 11 is 0. The summed E-state index contributed by atoms with van der Waals surface area (Å²) in [7, 11) is 0. The van der Waals surface area contributed by atoms with Gasteiger partial charge in [0.2, 0.25) is 0 Å². The van der Waals surface area contributed by atoms with Gasteiger partial charge in [-0.3, -0.25) is 0 Å². The van der Waals surface area contributed by atoms with E-state index in [1.165, 1.54) is 25.3 Å². The fraction of sp³-hybridized carbons (Fsp3) is 0.750. The minimum absolute atomic E-state index is 0.316. The summed E-state index contributed by atoms with van der Waals surface area (Å²) in [5, 5.41) is 0. The van der Waals surface area contributed by atoms with E-state index in [2.05, 4.69) is 6.58 Å². The van der Waals surface area contributed by atoms with Gasteiger partial charge in [-0.1, -0.05) is 6.58 Å². The van der Waals surface area contributed by atoms with Crippen LogP contribution in [0.3, 0.4) is 0 Å². The lowest BCUT2D eigenvalue weighted by Crippen LogP contribution is -2.14. The van der Waals surface area contributed by atoms with Crippen molar-refractivity contribution in [1.82, 2.24) is 0 Å². The molecule has 3 atom stereocenters. The monoisotopic (exact) mass is 210 g/mol. The van der Waals surface area contributed by atoms with E-state index < -0.39 is 0 Å². The van der Waals surface area contributed by atoms with Crippen LogP contribution < -0.4 is 0 Å². The SMILES string of the molecule is C=CC(=O)OCCCC1CCC2OC2C1. The second-order valence-electron chi connectivity index (χ2n) is 4.41. The van der Waals surface area contributed by atoms with Gasteiger partial charge < -0.3 is 9.47 Å². The maximum atomic E-state index is 10.8. The Kier molecular flexibility index (Phi) is 3.41. The summed E-state index contributed by atoms with van der Waals surface area (Å²) in [6.07, 6.45) is 8.17. The number of esters is 1. The van der Waals surface area contributed by atoms with Crippen LogP contribution >= 0.6 is 0 Å². The largest absolute Gasteiger partial charge is 0.463 e. The highest BCUT2D eigenvalue weighted by Crippen LogP contribution is 2.40. The average molecular weight is 210 g/mol. The molecule has 1 saturated heterocycles. The molecule has 0 bridgehead atoms. The second-order valence-corrected chi connectivity index (χ2v) is 4.41. The van der Waals surface area contributed by atoms with E-state index in [1.54, 1.807) is 0 Å². The second kappa shape index (κ2) is 4.79. The quantitative estimate of drug-likeness (QED) is 0.302. The first kappa shape index (κ1) is 10.7. The van der Waals surface area contributed by atoms with Crippen molar-refractivity contribution in [2.24, 2.45) is 5.92 Å². The number of hydrogen-bond acceptors (Lipinski definition) is 3. The standard InChI is InChI=1S/C12H18O3/c1-2-12(13)14-7-3-4-9-5-6-10-11(8-9)15-10/h2,9-11H,1,3-8H2. The van der Waals surface area contributed by atoms with Gasteiger partial charge in [0.1, 0.15) is 0 Å². The Hall–Kier alpha value is -0.830. The van der Waals surface area contributed by atoms with Crippen molar-refractivity contribution in [2.75, 3.05) is 6.61 Å². The molecule has 0 spiro atoms. The molecule has 0 N–H and O–H groups in total. The number of rotatable bonds is 5. The smallest absolute Gasteiger partial charge is 0.330 e. The first-order chi connectivity index (χ1) is 7.29. The molecule has 2 fully saturated rings. The van der Waals surface area contributed by atoms with Gasteiger partial charge >= 0.3 is 5.97 Å². The number of epoxide rings is 1. The topological polar surface area (TPSA) is 38.8 Å². The van der Waals surface area contributed by atoms with Gasteiger partial charge in [-0.2, -0.15) is 0 Å². The highest BCUT2D eigenvalue weighted by molar-refractivity contribution is 5.81. The summed E-state index contributed by atoms with van der Waals surface area (Å²) in [6.45, 7) is 3.88. The highest BCUT2D eigenvalue weighted by atomic mass is 16.6. The molecule has 3 nitrogen and oxygen atoms in total. The molecular formula is C12H18O3. The Morgan fingerprint density at radius 1 is 1.47 bits per heavy atom. The number of carbonyl (C=O) groups excluding carboxylic acids is 1. The van der Waals surface area contributed by atoms with Crippen LogP contribution in [0.1, 0.15) is 32.1 Å². The molecular weight excluding hydrogens is 192 g/mol. The predicted octanol–water partition coefficient (Wildman–Crippen LogP) is 2.06. The van der Waals surface area contributed by atoms with Gasteiger partial charge in [-0.15, -0.1) is 0 Å². The maximum absolute atomic E-state index is 10.8. The Labute approximate surface area is 90.4 Å². The molecule has 1 aliphatic heterocycles. The summed E-state index contributed by atoms with van der Waals surface area (Å²) < 4.78 is 10.4. The van der Waals surface area contributed by atoms with Crippen LogP contribution in [-0.2, 0) is 14.3 Å².